The van der Waals surface area contributed by atoms with Crippen LogP contribution >= 0.6 is 11.3 Å². The number of rotatable bonds is 5. The Morgan fingerprint density at radius 2 is 1.04 bits per heavy atom. The number of nitrogens with zero attached hydrogens (tertiary/aromatic N) is 4. The van der Waals surface area contributed by atoms with E-state index in [1.807, 2.05) is 30.3 Å². The van der Waals surface area contributed by atoms with Gasteiger partial charge >= 0.3 is 0 Å². The number of benzene rings is 8. The normalized spacial score (nSPS) is 11.9. The number of hydrogen-bond donors (Lipinski definition) is 0. The quantitative estimate of drug-likeness (QED) is 0.176. The molecule has 0 saturated carbocycles. The van der Waals surface area contributed by atoms with E-state index in [1.54, 1.807) is 11.3 Å². The molecule has 0 aliphatic rings. The largest absolute Gasteiger partial charge is 0.456 e. The predicted molar refractivity (Wildman–Crippen MR) is 236 cm³/mol. The second-order valence-electron chi connectivity index (χ2n) is 14.4. The molecule has 12 aromatic rings. The molecule has 0 radical (unpaired) electrons. The molecule has 4 aromatic heterocycles. The van der Waals surface area contributed by atoms with Crippen molar-refractivity contribution in [1.82, 2.24) is 19.5 Å². The first kappa shape index (κ1) is 31.9. The van der Waals surface area contributed by atoms with Crippen LogP contribution in [0.4, 0.5) is 0 Å². The summed E-state index contributed by atoms with van der Waals surface area (Å²) >= 11 is 1.79. The Balaban J connectivity index is 1.04. The van der Waals surface area contributed by atoms with Gasteiger partial charge in [0.15, 0.2) is 17.5 Å². The van der Waals surface area contributed by atoms with E-state index in [4.69, 9.17) is 19.4 Å². The molecule has 0 atom stereocenters. The van der Waals surface area contributed by atoms with Gasteiger partial charge in [0.1, 0.15) is 11.2 Å². The van der Waals surface area contributed by atoms with Crippen LogP contribution < -0.4 is 0 Å². The minimum absolute atomic E-state index is 0.610. The summed E-state index contributed by atoms with van der Waals surface area (Å²) in [6.45, 7) is 0. The maximum atomic E-state index is 6.18. The van der Waals surface area contributed by atoms with Crippen molar-refractivity contribution in [3.63, 3.8) is 0 Å². The predicted octanol–water partition coefficient (Wildman–Crippen LogP) is 13.9. The van der Waals surface area contributed by atoms with Crippen molar-refractivity contribution >= 4 is 75.3 Å². The summed E-state index contributed by atoms with van der Waals surface area (Å²) in [6.07, 6.45) is 0. The van der Waals surface area contributed by atoms with Gasteiger partial charge in [-0.25, -0.2) is 15.0 Å². The van der Waals surface area contributed by atoms with E-state index in [-0.39, 0.29) is 0 Å². The van der Waals surface area contributed by atoms with E-state index >= 15 is 0 Å². The van der Waals surface area contributed by atoms with Crippen LogP contribution in [-0.4, -0.2) is 19.5 Å². The second-order valence-corrected chi connectivity index (χ2v) is 15.5. The van der Waals surface area contributed by atoms with Crippen molar-refractivity contribution in [2.75, 3.05) is 0 Å². The molecule has 0 amide bonds. The van der Waals surface area contributed by atoms with Crippen LogP contribution in [0.25, 0.3) is 115 Å². The van der Waals surface area contributed by atoms with Crippen LogP contribution in [0.1, 0.15) is 0 Å². The van der Waals surface area contributed by atoms with Crippen LogP contribution in [0.15, 0.2) is 186 Å². The third-order valence-corrected chi connectivity index (χ3v) is 12.2. The number of aromatic nitrogens is 4. The lowest BCUT2D eigenvalue weighted by Crippen LogP contribution is -2.01. The SMILES string of the molecule is c1ccc(-c2ccc3c4ccccc4n(-c4ccc(-c5nc(-c6ccc7oc8ccccc8c7c6)nc(-c6cccc7sc8ccccc8c67)n5)cc4)c3c2)cc1. The molecule has 6 heteroatoms. The van der Waals surface area contributed by atoms with Gasteiger partial charge in [0.05, 0.1) is 11.0 Å². The molecule has 0 aliphatic heterocycles. The fourth-order valence-electron chi connectivity index (χ4n) is 8.40. The third-order valence-electron chi connectivity index (χ3n) is 11.1. The highest BCUT2D eigenvalue weighted by atomic mass is 32.1. The van der Waals surface area contributed by atoms with Crippen LogP contribution in [-0.2, 0) is 0 Å². The average molecular weight is 747 g/mol. The first-order chi connectivity index (χ1) is 28.2. The minimum atomic E-state index is 0.610. The Labute approximate surface area is 330 Å². The van der Waals surface area contributed by atoms with Gasteiger partial charge < -0.3 is 8.98 Å². The zero-order valence-electron chi connectivity index (χ0n) is 30.4. The smallest absolute Gasteiger partial charge is 0.164 e. The van der Waals surface area contributed by atoms with E-state index < -0.39 is 0 Å². The molecule has 0 fully saturated rings. The third kappa shape index (κ3) is 5.12. The van der Waals surface area contributed by atoms with Crippen molar-refractivity contribution < 1.29 is 4.42 Å². The Morgan fingerprint density at radius 3 is 1.91 bits per heavy atom. The molecule has 57 heavy (non-hydrogen) atoms. The average Bonchev–Trinajstić information content (AvgIpc) is 3.96. The molecule has 0 bridgehead atoms. The standard InChI is InChI=1S/C51H30N4OS/c1-2-11-31(12-3-1)33-23-27-37-36-13-4-7-17-42(36)55(43(37)30-33)35-25-21-32(22-26-35)49-52-50(34-24-28-45-41(29-34)38-14-5-8-18-44(38)56-45)54-51(53-49)40-16-10-20-47-48(40)39-15-6-9-19-46(39)57-47/h1-30H. The number of para-hydroxylation sites is 2. The monoisotopic (exact) mass is 746 g/mol. The maximum Gasteiger partial charge on any atom is 0.164 e. The van der Waals surface area contributed by atoms with Crippen molar-refractivity contribution in [3.05, 3.63) is 182 Å². The summed E-state index contributed by atoms with van der Waals surface area (Å²) in [5.74, 6) is 1.86. The highest BCUT2D eigenvalue weighted by Gasteiger charge is 2.19. The Hall–Kier alpha value is -7.41. The molecule has 12 rings (SSSR count). The summed E-state index contributed by atoms with van der Waals surface area (Å²) in [5, 5.41) is 6.90. The Morgan fingerprint density at radius 1 is 0.386 bits per heavy atom. The molecule has 4 heterocycles. The van der Waals surface area contributed by atoms with Gasteiger partial charge in [0, 0.05) is 64.1 Å². The van der Waals surface area contributed by atoms with Crippen molar-refractivity contribution in [3.8, 4) is 51.0 Å². The number of furan rings is 1. The summed E-state index contributed by atoms with van der Waals surface area (Å²) in [5.41, 5.74) is 10.3. The summed E-state index contributed by atoms with van der Waals surface area (Å²) in [7, 11) is 0. The van der Waals surface area contributed by atoms with E-state index in [0.717, 1.165) is 60.7 Å². The maximum absolute atomic E-state index is 6.18. The van der Waals surface area contributed by atoms with Crippen LogP contribution in [0, 0.1) is 0 Å². The molecule has 0 aliphatic carbocycles. The van der Waals surface area contributed by atoms with Crippen molar-refractivity contribution in [1.29, 1.82) is 0 Å². The molecule has 0 saturated heterocycles. The zero-order valence-corrected chi connectivity index (χ0v) is 31.2. The lowest BCUT2D eigenvalue weighted by atomic mass is 10.0. The Bertz CT molecular complexity index is 3520. The van der Waals surface area contributed by atoms with E-state index in [0.29, 0.717) is 17.5 Å². The van der Waals surface area contributed by atoms with Gasteiger partial charge in [0.25, 0.3) is 0 Å². The highest BCUT2D eigenvalue weighted by molar-refractivity contribution is 7.25. The van der Waals surface area contributed by atoms with E-state index in [9.17, 15) is 0 Å². The van der Waals surface area contributed by atoms with Crippen LogP contribution in [0.3, 0.4) is 0 Å². The van der Waals surface area contributed by atoms with Gasteiger partial charge in [-0.15, -0.1) is 11.3 Å². The number of fused-ring (bicyclic) bond motifs is 9. The van der Waals surface area contributed by atoms with Crippen molar-refractivity contribution in [2.24, 2.45) is 0 Å². The van der Waals surface area contributed by atoms with Gasteiger partial charge in [-0.1, -0.05) is 109 Å². The van der Waals surface area contributed by atoms with Crippen LogP contribution in [0.5, 0.6) is 0 Å². The molecule has 5 nitrogen and oxygen atoms in total. The second kappa shape index (κ2) is 12.6. The molecular weight excluding hydrogens is 717 g/mol. The van der Waals surface area contributed by atoms with Gasteiger partial charge in [-0.2, -0.15) is 0 Å². The zero-order chi connectivity index (χ0) is 37.5. The van der Waals surface area contributed by atoms with Crippen LogP contribution in [0.2, 0.25) is 0 Å². The van der Waals surface area contributed by atoms with E-state index in [2.05, 4.69) is 156 Å². The molecule has 8 aromatic carbocycles. The molecule has 0 N–H and O–H groups in total. The Kier molecular flexibility index (Phi) is 7.03. The van der Waals surface area contributed by atoms with Gasteiger partial charge in [-0.3, -0.25) is 0 Å². The fourth-order valence-corrected chi connectivity index (χ4v) is 9.53. The van der Waals surface area contributed by atoms with Gasteiger partial charge in [0.2, 0.25) is 0 Å². The summed E-state index contributed by atoms with van der Waals surface area (Å²) < 4.78 is 11.0. The highest BCUT2D eigenvalue weighted by Crippen LogP contribution is 2.41. The first-order valence-corrected chi connectivity index (χ1v) is 19.8. The topological polar surface area (TPSA) is 56.7 Å². The lowest BCUT2D eigenvalue weighted by Gasteiger charge is -2.12. The van der Waals surface area contributed by atoms with Crippen molar-refractivity contribution in [2.45, 2.75) is 0 Å². The first-order valence-electron chi connectivity index (χ1n) is 19.0. The molecular formula is C51H30N4OS. The van der Waals surface area contributed by atoms with E-state index in [1.165, 1.54) is 36.7 Å². The van der Waals surface area contributed by atoms with Gasteiger partial charge in [-0.05, 0) is 83.9 Å². The molecule has 0 spiro atoms. The number of hydrogen-bond acceptors (Lipinski definition) is 5. The summed E-state index contributed by atoms with van der Waals surface area (Å²) in [6, 6.07) is 63.9. The lowest BCUT2D eigenvalue weighted by molar-refractivity contribution is 0.669. The minimum Gasteiger partial charge on any atom is -0.456 e. The molecule has 0 unspecified atom stereocenters. The number of thiophene rings is 1. The fraction of sp³-hybridized carbons (Fsp3) is 0. The summed E-state index contributed by atoms with van der Waals surface area (Å²) in [4.78, 5) is 15.6. The molecule has 266 valence electrons.